The number of hydrogen-bond acceptors (Lipinski definition) is 4. The molecule has 0 spiro atoms. The minimum absolute atomic E-state index is 0.108. The molecule has 0 aromatic rings. The van der Waals surface area contributed by atoms with Gasteiger partial charge < -0.3 is 15.4 Å². The van der Waals surface area contributed by atoms with Gasteiger partial charge in [0.15, 0.2) is 0 Å². The molecular formula is C15H31N3O. The van der Waals surface area contributed by atoms with Gasteiger partial charge in [0, 0.05) is 44.9 Å². The van der Waals surface area contributed by atoms with Crippen LogP contribution in [-0.2, 0) is 4.74 Å². The Morgan fingerprint density at radius 3 is 2.79 bits per heavy atom. The lowest BCUT2D eigenvalue weighted by molar-refractivity contribution is -0.0179. The molecule has 0 aliphatic carbocycles. The fraction of sp³-hybridized carbons (Fsp3) is 1.00. The summed E-state index contributed by atoms with van der Waals surface area (Å²) in [5, 5.41) is 0. The van der Waals surface area contributed by atoms with Crippen LogP contribution >= 0.6 is 0 Å². The van der Waals surface area contributed by atoms with E-state index in [0.717, 1.165) is 31.5 Å². The summed E-state index contributed by atoms with van der Waals surface area (Å²) >= 11 is 0. The number of likely N-dealkylation sites (tertiary alicyclic amines) is 2. The second-order valence-corrected chi connectivity index (χ2v) is 6.63. The van der Waals surface area contributed by atoms with E-state index < -0.39 is 0 Å². The van der Waals surface area contributed by atoms with Gasteiger partial charge >= 0.3 is 0 Å². The number of nitrogens with zero attached hydrogens (tertiary/aromatic N) is 2. The molecule has 2 rings (SSSR count). The SMILES string of the molecule is COCCC(C)(CN)N1CCC2C(CCCN2C)C1. The molecule has 0 radical (unpaired) electrons. The van der Waals surface area contributed by atoms with Crippen molar-refractivity contribution in [2.24, 2.45) is 11.7 Å². The van der Waals surface area contributed by atoms with E-state index in [2.05, 4.69) is 23.8 Å². The number of fused-ring (bicyclic) bond motifs is 1. The van der Waals surface area contributed by atoms with Crippen molar-refractivity contribution < 1.29 is 4.74 Å². The number of hydrogen-bond donors (Lipinski definition) is 1. The first kappa shape index (κ1) is 15.2. The summed E-state index contributed by atoms with van der Waals surface area (Å²) in [6.45, 7) is 7.51. The van der Waals surface area contributed by atoms with Crippen LogP contribution in [0.4, 0.5) is 0 Å². The molecule has 2 N–H and O–H groups in total. The van der Waals surface area contributed by atoms with Crippen LogP contribution in [0.1, 0.15) is 32.6 Å². The Hall–Kier alpha value is -0.160. The zero-order valence-corrected chi connectivity index (χ0v) is 12.9. The van der Waals surface area contributed by atoms with Crippen molar-refractivity contribution in [1.82, 2.24) is 9.80 Å². The first-order valence-electron chi connectivity index (χ1n) is 7.75. The maximum atomic E-state index is 6.07. The summed E-state index contributed by atoms with van der Waals surface area (Å²) in [6, 6.07) is 0.800. The lowest BCUT2D eigenvalue weighted by Crippen LogP contribution is -2.60. The van der Waals surface area contributed by atoms with Crippen LogP contribution in [-0.4, -0.2) is 68.3 Å². The molecule has 2 heterocycles. The molecule has 3 atom stereocenters. The summed E-state index contributed by atoms with van der Waals surface area (Å²) < 4.78 is 5.26. The zero-order chi connectivity index (χ0) is 13.9. The first-order valence-corrected chi connectivity index (χ1v) is 7.75. The van der Waals surface area contributed by atoms with Gasteiger partial charge in [0.25, 0.3) is 0 Å². The zero-order valence-electron chi connectivity index (χ0n) is 12.9. The fourth-order valence-corrected chi connectivity index (χ4v) is 3.85. The highest BCUT2D eigenvalue weighted by molar-refractivity contribution is 4.96. The van der Waals surface area contributed by atoms with E-state index >= 15 is 0 Å². The minimum Gasteiger partial charge on any atom is -0.385 e. The van der Waals surface area contributed by atoms with E-state index in [-0.39, 0.29) is 5.54 Å². The van der Waals surface area contributed by atoms with Crippen molar-refractivity contribution >= 4 is 0 Å². The van der Waals surface area contributed by atoms with E-state index in [1.807, 2.05) is 0 Å². The average molecular weight is 269 g/mol. The summed E-state index contributed by atoms with van der Waals surface area (Å²) in [4.78, 5) is 5.20. The predicted molar refractivity (Wildman–Crippen MR) is 79.3 cm³/mol. The molecule has 0 aromatic heterocycles. The third-order valence-corrected chi connectivity index (χ3v) is 5.39. The molecule has 4 heteroatoms. The number of methoxy groups -OCH3 is 1. The van der Waals surface area contributed by atoms with E-state index in [9.17, 15) is 0 Å². The lowest BCUT2D eigenvalue weighted by atomic mass is 9.81. The third kappa shape index (κ3) is 3.30. The van der Waals surface area contributed by atoms with E-state index in [0.29, 0.717) is 0 Å². The molecule has 0 amide bonds. The molecule has 0 bridgehead atoms. The van der Waals surface area contributed by atoms with Gasteiger partial charge in [-0.25, -0.2) is 0 Å². The Labute approximate surface area is 118 Å². The summed E-state index contributed by atoms with van der Waals surface area (Å²) in [5.41, 5.74) is 6.17. The van der Waals surface area contributed by atoms with Crippen molar-refractivity contribution in [2.45, 2.75) is 44.2 Å². The van der Waals surface area contributed by atoms with E-state index in [4.69, 9.17) is 10.5 Å². The van der Waals surface area contributed by atoms with E-state index in [1.54, 1.807) is 7.11 Å². The van der Waals surface area contributed by atoms with Gasteiger partial charge in [-0.2, -0.15) is 0 Å². The number of nitrogens with two attached hydrogens (primary N) is 1. The molecule has 19 heavy (non-hydrogen) atoms. The Bertz CT molecular complexity index is 287. The summed E-state index contributed by atoms with van der Waals surface area (Å²) in [6.07, 6.45) is 5.07. The first-order chi connectivity index (χ1) is 9.10. The fourth-order valence-electron chi connectivity index (χ4n) is 3.85. The highest BCUT2D eigenvalue weighted by Gasteiger charge is 2.39. The molecule has 0 saturated carbocycles. The second-order valence-electron chi connectivity index (χ2n) is 6.63. The predicted octanol–water partition coefficient (Wildman–Crippen LogP) is 1.16. The summed E-state index contributed by atoms with van der Waals surface area (Å²) in [7, 11) is 4.07. The van der Waals surface area contributed by atoms with Crippen LogP contribution in [0.5, 0.6) is 0 Å². The Morgan fingerprint density at radius 1 is 1.32 bits per heavy atom. The smallest absolute Gasteiger partial charge is 0.0480 e. The van der Waals surface area contributed by atoms with Crippen molar-refractivity contribution in [3.63, 3.8) is 0 Å². The van der Waals surface area contributed by atoms with Crippen molar-refractivity contribution in [1.29, 1.82) is 0 Å². The molecule has 2 aliphatic heterocycles. The van der Waals surface area contributed by atoms with Gasteiger partial charge in [-0.1, -0.05) is 0 Å². The number of ether oxygens (including phenoxy) is 1. The van der Waals surface area contributed by atoms with Crippen LogP contribution in [0.25, 0.3) is 0 Å². The molecule has 4 nitrogen and oxygen atoms in total. The molecule has 2 saturated heterocycles. The molecule has 0 aromatic carbocycles. The number of rotatable bonds is 5. The second kappa shape index (κ2) is 6.53. The highest BCUT2D eigenvalue weighted by atomic mass is 16.5. The largest absolute Gasteiger partial charge is 0.385 e. The molecule has 2 aliphatic rings. The van der Waals surface area contributed by atoms with E-state index in [1.165, 1.54) is 38.9 Å². The van der Waals surface area contributed by atoms with Gasteiger partial charge in [0.05, 0.1) is 0 Å². The maximum absolute atomic E-state index is 6.07. The molecular weight excluding hydrogens is 238 g/mol. The minimum atomic E-state index is 0.108. The van der Waals surface area contributed by atoms with Crippen molar-refractivity contribution in [2.75, 3.05) is 46.9 Å². The van der Waals surface area contributed by atoms with Crippen molar-refractivity contribution in [3.05, 3.63) is 0 Å². The molecule has 3 unspecified atom stereocenters. The monoisotopic (exact) mass is 269 g/mol. The Kier molecular flexibility index (Phi) is 5.23. The Morgan fingerprint density at radius 2 is 2.11 bits per heavy atom. The maximum Gasteiger partial charge on any atom is 0.0480 e. The standard InChI is InChI=1S/C15H31N3O/c1-15(12-16,7-10-19-3)18-9-6-14-13(11-18)5-4-8-17(14)2/h13-14H,4-12,16H2,1-3H3. The van der Waals surface area contributed by atoms with Gasteiger partial charge in [0.1, 0.15) is 0 Å². The lowest BCUT2D eigenvalue weighted by Gasteiger charge is -2.51. The topological polar surface area (TPSA) is 41.7 Å². The van der Waals surface area contributed by atoms with Crippen LogP contribution in [0.15, 0.2) is 0 Å². The normalized spacial score (nSPS) is 32.8. The quantitative estimate of drug-likeness (QED) is 0.813. The van der Waals surface area contributed by atoms with Gasteiger partial charge in [-0.3, -0.25) is 4.90 Å². The third-order valence-electron chi connectivity index (χ3n) is 5.39. The van der Waals surface area contributed by atoms with Crippen LogP contribution in [0.2, 0.25) is 0 Å². The Balaban J connectivity index is 1.98. The van der Waals surface area contributed by atoms with Gasteiger partial charge in [-0.15, -0.1) is 0 Å². The van der Waals surface area contributed by atoms with Gasteiger partial charge in [0.2, 0.25) is 0 Å². The summed E-state index contributed by atoms with van der Waals surface area (Å²) in [5.74, 6) is 0.834. The molecule has 2 fully saturated rings. The highest BCUT2D eigenvalue weighted by Crippen LogP contribution is 2.33. The van der Waals surface area contributed by atoms with Gasteiger partial charge in [-0.05, 0) is 52.1 Å². The number of piperidine rings is 2. The molecule has 112 valence electrons. The van der Waals surface area contributed by atoms with Crippen LogP contribution in [0.3, 0.4) is 0 Å². The van der Waals surface area contributed by atoms with Crippen LogP contribution in [0, 0.1) is 5.92 Å². The average Bonchev–Trinajstić information content (AvgIpc) is 2.44. The van der Waals surface area contributed by atoms with Crippen molar-refractivity contribution in [3.8, 4) is 0 Å². The van der Waals surface area contributed by atoms with Crippen LogP contribution < -0.4 is 5.73 Å².